The number of benzene rings is 2. The maximum Gasteiger partial charge on any atom is 0.228 e. The summed E-state index contributed by atoms with van der Waals surface area (Å²) in [4.78, 5) is 15.2. The van der Waals surface area contributed by atoms with Gasteiger partial charge in [-0.25, -0.2) is 0 Å². The molecule has 4 rings (SSSR count). The van der Waals surface area contributed by atoms with Gasteiger partial charge < -0.3 is 10.2 Å². The van der Waals surface area contributed by atoms with Crippen LogP contribution in [0.3, 0.4) is 0 Å². The summed E-state index contributed by atoms with van der Waals surface area (Å²) in [6.45, 7) is 3.02. The second kappa shape index (κ2) is 7.92. The lowest BCUT2D eigenvalue weighted by molar-refractivity contribution is -0.121. The number of likely N-dealkylation sites (tertiary alicyclic amines) is 1. The Morgan fingerprint density at radius 2 is 1.78 bits per heavy atom. The average Bonchev–Trinajstić information content (AvgIpc) is 3.03. The number of anilines is 1. The summed E-state index contributed by atoms with van der Waals surface area (Å²) in [7, 11) is 1.91. The standard InChI is InChI=1S/C22H26N4O/c1-25-20-10-6-5-9-19(20)21(24-25)23-22(27)18-12-15-26(16-13-18)14-11-17-7-3-2-4-8-17/h2-10,18H,11-16H2,1H3,(H,23,24,27). The van der Waals surface area contributed by atoms with Gasteiger partial charge in [0.25, 0.3) is 0 Å². The van der Waals surface area contributed by atoms with Crippen molar-refractivity contribution in [1.29, 1.82) is 0 Å². The molecule has 1 saturated heterocycles. The molecule has 0 atom stereocenters. The number of hydrogen-bond acceptors (Lipinski definition) is 3. The first-order chi connectivity index (χ1) is 13.2. The number of carbonyl (C=O) groups is 1. The molecule has 1 aliphatic heterocycles. The van der Waals surface area contributed by atoms with E-state index in [-0.39, 0.29) is 11.8 Å². The first-order valence-corrected chi connectivity index (χ1v) is 9.69. The van der Waals surface area contributed by atoms with E-state index in [0.29, 0.717) is 5.82 Å². The summed E-state index contributed by atoms with van der Waals surface area (Å²) < 4.78 is 1.82. The van der Waals surface area contributed by atoms with Gasteiger partial charge in [0.1, 0.15) is 0 Å². The molecule has 0 radical (unpaired) electrons. The molecule has 1 aliphatic rings. The van der Waals surface area contributed by atoms with Crippen molar-refractivity contribution in [3.05, 3.63) is 60.2 Å². The van der Waals surface area contributed by atoms with Crippen LogP contribution in [0.1, 0.15) is 18.4 Å². The highest BCUT2D eigenvalue weighted by Gasteiger charge is 2.25. The molecule has 0 unspecified atom stereocenters. The number of hydrogen-bond donors (Lipinski definition) is 1. The lowest BCUT2D eigenvalue weighted by atomic mass is 9.95. The van der Waals surface area contributed by atoms with Crippen LogP contribution in [0.4, 0.5) is 5.82 Å². The summed E-state index contributed by atoms with van der Waals surface area (Å²) in [5, 5.41) is 8.53. The zero-order valence-corrected chi connectivity index (χ0v) is 15.8. The van der Waals surface area contributed by atoms with Crippen LogP contribution in [0.5, 0.6) is 0 Å². The number of piperidine rings is 1. The number of aromatic nitrogens is 2. The average molecular weight is 362 g/mol. The number of amides is 1. The predicted molar refractivity (Wildman–Crippen MR) is 109 cm³/mol. The normalized spacial score (nSPS) is 15.9. The van der Waals surface area contributed by atoms with Gasteiger partial charge in [0, 0.05) is 24.9 Å². The van der Waals surface area contributed by atoms with Crippen LogP contribution < -0.4 is 5.32 Å². The molecule has 1 aromatic heterocycles. The molecule has 1 amide bonds. The Bertz CT molecular complexity index is 910. The molecule has 0 bridgehead atoms. The second-order valence-corrected chi connectivity index (χ2v) is 7.33. The topological polar surface area (TPSA) is 50.2 Å². The van der Waals surface area contributed by atoms with Crippen LogP contribution in [-0.4, -0.2) is 40.2 Å². The Kier molecular flexibility index (Phi) is 5.21. The minimum atomic E-state index is 0.0683. The van der Waals surface area contributed by atoms with Gasteiger partial charge in [-0.05, 0) is 50.0 Å². The van der Waals surface area contributed by atoms with E-state index in [9.17, 15) is 4.79 Å². The summed E-state index contributed by atoms with van der Waals surface area (Å²) in [6.07, 6.45) is 2.88. The third-order valence-corrected chi connectivity index (χ3v) is 5.52. The zero-order chi connectivity index (χ0) is 18.6. The maximum atomic E-state index is 12.7. The molecule has 0 saturated carbocycles. The molecule has 27 heavy (non-hydrogen) atoms. The third kappa shape index (κ3) is 4.03. The first-order valence-electron chi connectivity index (χ1n) is 9.69. The zero-order valence-electron chi connectivity index (χ0n) is 15.8. The molecule has 140 valence electrons. The van der Waals surface area contributed by atoms with Crippen LogP contribution in [0.15, 0.2) is 54.6 Å². The predicted octanol–water partition coefficient (Wildman–Crippen LogP) is 3.47. The third-order valence-electron chi connectivity index (χ3n) is 5.52. The molecule has 0 spiro atoms. The highest BCUT2D eigenvalue weighted by Crippen LogP contribution is 2.24. The highest BCUT2D eigenvalue weighted by atomic mass is 16.2. The van der Waals surface area contributed by atoms with Gasteiger partial charge in [-0.2, -0.15) is 5.10 Å². The Balaban J connectivity index is 1.31. The largest absolute Gasteiger partial charge is 0.308 e. The quantitative estimate of drug-likeness (QED) is 0.756. The van der Waals surface area contributed by atoms with E-state index < -0.39 is 0 Å². The molecule has 2 aromatic carbocycles. The fourth-order valence-electron chi connectivity index (χ4n) is 3.88. The van der Waals surface area contributed by atoms with E-state index in [2.05, 4.69) is 45.6 Å². The monoisotopic (exact) mass is 362 g/mol. The van der Waals surface area contributed by atoms with E-state index in [4.69, 9.17) is 0 Å². The van der Waals surface area contributed by atoms with Gasteiger partial charge in [-0.3, -0.25) is 9.48 Å². The fraction of sp³-hybridized carbons (Fsp3) is 0.364. The van der Waals surface area contributed by atoms with Gasteiger partial charge >= 0.3 is 0 Å². The Labute approximate surface area is 160 Å². The molecular formula is C22H26N4O. The van der Waals surface area contributed by atoms with Crippen molar-refractivity contribution in [2.45, 2.75) is 19.3 Å². The maximum absolute atomic E-state index is 12.7. The fourth-order valence-corrected chi connectivity index (χ4v) is 3.88. The molecule has 0 aliphatic carbocycles. The van der Waals surface area contributed by atoms with Crippen molar-refractivity contribution in [1.82, 2.24) is 14.7 Å². The summed E-state index contributed by atoms with van der Waals surface area (Å²) >= 11 is 0. The number of nitrogens with zero attached hydrogens (tertiary/aromatic N) is 3. The van der Waals surface area contributed by atoms with Gasteiger partial charge in [0.15, 0.2) is 5.82 Å². The van der Waals surface area contributed by atoms with Crippen LogP contribution in [0.2, 0.25) is 0 Å². The second-order valence-electron chi connectivity index (χ2n) is 7.33. The molecule has 2 heterocycles. The van der Waals surface area contributed by atoms with Gasteiger partial charge in [-0.1, -0.05) is 42.5 Å². The van der Waals surface area contributed by atoms with Crippen LogP contribution in [0.25, 0.3) is 10.9 Å². The minimum Gasteiger partial charge on any atom is -0.308 e. The number of aryl methyl sites for hydroxylation is 1. The number of rotatable bonds is 5. The highest BCUT2D eigenvalue weighted by molar-refractivity contribution is 6.00. The minimum absolute atomic E-state index is 0.0683. The summed E-state index contributed by atoms with van der Waals surface area (Å²) in [5.41, 5.74) is 2.41. The van der Waals surface area contributed by atoms with Gasteiger partial charge in [0.05, 0.1) is 5.52 Å². The SMILES string of the molecule is Cn1nc(NC(=O)C2CCN(CCc3ccccc3)CC2)c2ccccc21. The van der Waals surface area contributed by atoms with Crippen molar-refractivity contribution in [3.63, 3.8) is 0 Å². The van der Waals surface area contributed by atoms with Crippen molar-refractivity contribution >= 4 is 22.6 Å². The lowest BCUT2D eigenvalue weighted by Gasteiger charge is -2.31. The number of para-hydroxylation sites is 1. The Morgan fingerprint density at radius 1 is 1.07 bits per heavy atom. The summed E-state index contributed by atoms with van der Waals surface area (Å²) in [5.74, 6) is 0.838. The number of nitrogens with one attached hydrogen (secondary N) is 1. The van der Waals surface area contributed by atoms with Crippen LogP contribution in [0, 0.1) is 5.92 Å². The Morgan fingerprint density at radius 3 is 2.56 bits per heavy atom. The van der Waals surface area contributed by atoms with E-state index in [1.165, 1.54) is 5.56 Å². The smallest absolute Gasteiger partial charge is 0.228 e. The molecule has 5 heteroatoms. The van der Waals surface area contributed by atoms with Crippen molar-refractivity contribution in [3.8, 4) is 0 Å². The van der Waals surface area contributed by atoms with Crippen LogP contribution in [-0.2, 0) is 18.3 Å². The van der Waals surface area contributed by atoms with Crippen molar-refractivity contribution in [2.75, 3.05) is 25.0 Å². The molecule has 1 fully saturated rings. The van der Waals surface area contributed by atoms with E-state index >= 15 is 0 Å². The molecule has 5 nitrogen and oxygen atoms in total. The van der Waals surface area contributed by atoms with E-state index in [1.54, 1.807) is 0 Å². The molecule has 3 aromatic rings. The lowest BCUT2D eigenvalue weighted by Crippen LogP contribution is -2.39. The summed E-state index contributed by atoms with van der Waals surface area (Å²) in [6, 6.07) is 18.6. The number of fused-ring (bicyclic) bond motifs is 1. The van der Waals surface area contributed by atoms with E-state index in [0.717, 1.165) is 49.8 Å². The first kappa shape index (κ1) is 17.7. The van der Waals surface area contributed by atoms with Crippen molar-refractivity contribution < 1.29 is 4.79 Å². The Hall–Kier alpha value is -2.66. The van der Waals surface area contributed by atoms with Crippen molar-refractivity contribution in [2.24, 2.45) is 13.0 Å². The van der Waals surface area contributed by atoms with Gasteiger partial charge in [-0.15, -0.1) is 0 Å². The van der Waals surface area contributed by atoms with Crippen LogP contribution >= 0.6 is 0 Å². The van der Waals surface area contributed by atoms with Gasteiger partial charge in [0.2, 0.25) is 5.91 Å². The molecular weight excluding hydrogens is 336 g/mol. The molecule has 1 N–H and O–H groups in total. The van der Waals surface area contributed by atoms with E-state index in [1.807, 2.05) is 36.0 Å². The number of carbonyl (C=O) groups excluding carboxylic acids is 1.